The molecule has 34 heavy (non-hydrogen) atoms. The van der Waals surface area contributed by atoms with Gasteiger partial charge in [-0.3, -0.25) is 24.0 Å². The number of hydrogen-bond acceptors (Lipinski definition) is 9. The molecule has 188 valence electrons. The topological polar surface area (TPSA) is 142 Å². The van der Waals surface area contributed by atoms with Crippen LogP contribution in [0.5, 0.6) is 0 Å². The Morgan fingerprint density at radius 1 is 1.09 bits per heavy atom. The van der Waals surface area contributed by atoms with Crippen LogP contribution in [0.2, 0.25) is 0 Å². The summed E-state index contributed by atoms with van der Waals surface area (Å²) in [6, 6.07) is -1.22. The Kier molecular flexibility index (Phi) is 7.47. The van der Waals surface area contributed by atoms with E-state index in [1.807, 2.05) is 6.92 Å². The second kappa shape index (κ2) is 9.84. The minimum absolute atomic E-state index is 0.00545. The van der Waals surface area contributed by atoms with Crippen LogP contribution in [0.1, 0.15) is 65.2 Å². The van der Waals surface area contributed by atoms with E-state index in [-0.39, 0.29) is 49.1 Å². The van der Waals surface area contributed by atoms with Gasteiger partial charge in [0.2, 0.25) is 5.91 Å². The minimum atomic E-state index is -1.22. The first-order valence-electron chi connectivity index (χ1n) is 11.7. The van der Waals surface area contributed by atoms with Gasteiger partial charge in [0.25, 0.3) is 0 Å². The fourth-order valence-corrected chi connectivity index (χ4v) is 6.20. The summed E-state index contributed by atoms with van der Waals surface area (Å²) in [5.41, 5.74) is -1.92. The Balaban J connectivity index is 1.77. The molecule has 3 rings (SSSR count). The average Bonchev–Trinajstić information content (AvgIpc) is 2.99. The third kappa shape index (κ3) is 4.86. The van der Waals surface area contributed by atoms with Gasteiger partial charge in [0.1, 0.15) is 23.2 Å². The van der Waals surface area contributed by atoms with E-state index >= 15 is 0 Å². The van der Waals surface area contributed by atoms with Crippen LogP contribution in [0.4, 0.5) is 0 Å². The fraction of sp³-hybridized carbons (Fsp3) is 0.750. The molecule has 0 radical (unpaired) electrons. The molecule has 0 aromatic carbocycles. The molecule has 1 aliphatic heterocycles. The van der Waals surface area contributed by atoms with Crippen LogP contribution in [0.15, 0.2) is 0 Å². The van der Waals surface area contributed by atoms with Crippen LogP contribution in [-0.4, -0.2) is 61.2 Å². The number of methoxy groups -OCH3 is 2. The number of carbonyl (C=O) groups is 6. The third-order valence-corrected chi connectivity index (χ3v) is 7.93. The van der Waals surface area contributed by atoms with Crippen molar-refractivity contribution in [3.63, 3.8) is 0 Å². The first kappa shape index (κ1) is 25.8. The molecule has 2 aliphatic carbocycles. The van der Waals surface area contributed by atoms with Crippen LogP contribution in [0.25, 0.3) is 0 Å². The molecule has 10 nitrogen and oxygen atoms in total. The smallest absolute Gasteiger partial charge is 0.328 e. The zero-order valence-electron chi connectivity index (χ0n) is 20.1. The van der Waals surface area contributed by atoms with Crippen molar-refractivity contribution in [3.05, 3.63) is 0 Å². The number of ether oxygens (including phenoxy) is 3. The lowest BCUT2D eigenvalue weighted by atomic mass is 9.55. The highest BCUT2D eigenvalue weighted by Gasteiger charge is 2.61. The van der Waals surface area contributed by atoms with E-state index in [1.54, 1.807) is 6.92 Å². The molecule has 0 spiro atoms. The molecule has 1 saturated heterocycles. The molecule has 6 unspecified atom stereocenters. The summed E-state index contributed by atoms with van der Waals surface area (Å²) in [6.45, 7) is 3.53. The number of hydrogen-bond donors (Lipinski definition) is 1. The van der Waals surface area contributed by atoms with Crippen LogP contribution in [0, 0.1) is 23.2 Å². The van der Waals surface area contributed by atoms with E-state index in [4.69, 9.17) is 4.74 Å². The molecular formula is C24H33NO9. The van der Waals surface area contributed by atoms with E-state index in [1.165, 1.54) is 7.11 Å². The molecule has 0 aromatic rings. The highest BCUT2D eigenvalue weighted by Crippen LogP contribution is 2.57. The van der Waals surface area contributed by atoms with Gasteiger partial charge in [-0.05, 0) is 38.0 Å². The van der Waals surface area contributed by atoms with Gasteiger partial charge in [-0.25, -0.2) is 4.79 Å². The molecule has 3 aliphatic rings. The standard InChI is InChI=1S/C24H33NO9/c1-23-12-16(26)21-13(14(23)6-7-17(23)27)5-8-19(29)34-24(21,2)10-9-18(28)25-15(22(31)33-4)11-20(30)32-3/h13-15,21H,5-12H2,1-4H3,(H,25,28). The van der Waals surface area contributed by atoms with Gasteiger partial charge in [0.05, 0.1) is 26.6 Å². The zero-order chi connectivity index (χ0) is 25.3. The maximum absolute atomic E-state index is 13.3. The molecule has 10 heteroatoms. The molecule has 1 heterocycles. The number of ketones is 2. The molecule has 6 atom stereocenters. The van der Waals surface area contributed by atoms with Crippen molar-refractivity contribution in [2.24, 2.45) is 23.2 Å². The number of rotatable bonds is 7. The third-order valence-electron chi connectivity index (χ3n) is 7.93. The summed E-state index contributed by atoms with van der Waals surface area (Å²) >= 11 is 0. The maximum Gasteiger partial charge on any atom is 0.328 e. The number of amides is 1. The number of fused-ring (bicyclic) bond motifs is 3. The first-order valence-corrected chi connectivity index (χ1v) is 11.7. The number of Topliss-reactive ketones (excluding diaryl/α,β-unsaturated/α-hetero) is 2. The number of nitrogens with one attached hydrogen (secondary N) is 1. The minimum Gasteiger partial charge on any atom is -0.469 e. The summed E-state index contributed by atoms with van der Waals surface area (Å²) in [6.07, 6.45) is 1.37. The summed E-state index contributed by atoms with van der Waals surface area (Å²) in [7, 11) is 2.31. The predicted molar refractivity (Wildman–Crippen MR) is 116 cm³/mol. The van der Waals surface area contributed by atoms with Crippen LogP contribution < -0.4 is 5.32 Å². The summed E-state index contributed by atoms with van der Waals surface area (Å²) in [5, 5.41) is 2.46. The van der Waals surface area contributed by atoms with Crippen LogP contribution in [0.3, 0.4) is 0 Å². The normalized spacial score (nSPS) is 33.6. The number of carbonyl (C=O) groups excluding carboxylic acids is 6. The van der Waals surface area contributed by atoms with Gasteiger partial charge in [-0.2, -0.15) is 0 Å². The van der Waals surface area contributed by atoms with Gasteiger partial charge in [0.15, 0.2) is 0 Å². The van der Waals surface area contributed by atoms with E-state index in [9.17, 15) is 28.8 Å². The van der Waals surface area contributed by atoms with E-state index < -0.39 is 53.2 Å². The highest BCUT2D eigenvalue weighted by atomic mass is 16.6. The second-order valence-electron chi connectivity index (χ2n) is 10.0. The Labute approximate surface area is 198 Å². The number of cyclic esters (lactones) is 1. The number of esters is 3. The van der Waals surface area contributed by atoms with Crippen molar-refractivity contribution in [1.82, 2.24) is 5.32 Å². The Bertz CT molecular complexity index is 899. The Morgan fingerprint density at radius 2 is 1.79 bits per heavy atom. The molecular weight excluding hydrogens is 446 g/mol. The van der Waals surface area contributed by atoms with Crippen molar-refractivity contribution in [2.75, 3.05) is 14.2 Å². The van der Waals surface area contributed by atoms with Gasteiger partial charge in [0, 0.05) is 31.1 Å². The lowest BCUT2D eigenvalue weighted by Crippen LogP contribution is -2.55. The van der Waals surface area contributed by atoms with Crippen LogP contribution >= 0.6 is 0 Å². The lowest BCUT2D eigenvalue weighted by Gasteiger charge is -2.48. The molecule has 1 N–H and O–H groups in total. The molecule has 2 saturated carbocycles. The fourth-order valence-electron chi connectivity index (χ4n) is 6.20. The first-order chi connectivity index (χ1) is 15.9. The highest BCUT2D eigenvalue weighted by molar-refractivity contribution is 5.96. The molecule has 1 amide bonds. The van der Waals surface area contributed by atoms with E-state index in [0.717, 1.165) is 7.11 Å². The van der Waals surface area contributed by atoms with E-state index in [0.29, 0.717) is 19.3 Å². The average molecular weight is 480 g/mol. The molecule has 0 aromatic heterocycles. The van der Waals surface area contributed by atoms with Gasteiger partial charge >= 0.3 is 17.9 Å². The van der Waals surface area contributed by atoms with Gasteiger partial charge < -0.3 is 19.5 Å². The molecule has 3 fully saturated rings. The van der Waals surface area contributed by atoms with Crippen LogP contribution in [-0.2, 0) is 43.0 Å². The maximum atomic E-state index is 13.3. The quantitative estimate of drug-likeness (QED) is 0.422. The van der Waals surface area contributed by atoms with E-state index in [2.05, 4.69) is 14.8 Å². The largest absolute Gasteiger partial charge is 0.469 e. The second-order valence-corrected chi connectivity index (χ2v) is 10.0. The van der Waals surface area contributed by atoms with Crippen molar-refractivity contribution in [2.45, 2.75) is 76.9 Å². The monoisotopic (exact) mass is 479 g/mol. The Morgan fingerprint density at radius 3 is 2.44 bits per heavy atom. The SMILES string of the molecule is COC(=O)CC(NC(=O)CCC1(C)OC(=O)CCC2C1C(=O)CC1(C)C(=O)CCC21)C(=O)OC. The van der Waals surface area contributed by atoms with Crippen molar-refractivity contribution in [3.8, 4) is 0 Å². The summed E-state index contributed by atoms with van der Waals surface area (Å²) in [4.78, 5) is 74.6. The predicted octanol–water partition coefficient (Wildman–Crippen LogP) is 1.27. The van der Waals surface area contributed by atoms with Gasteiger partial charge in [-0.15, -0.1) is 0 Å². The molecule has 0 bridgehead atoms. The zero-order valence-corrected chi connectivity index (χ0v) is 20.1. The van der Waals surface area contributed by atoms with Crippen molar-refractivity contribution in [1.29, 1.82) is 0 Å². The lowest BCUT2D eigenvalue weighted by molar-refractivity contribution is -0.172. The van der Waals surface area contributed by atoms with Gasteiger partial charge in [-0.1, -0.05) is 6.92 Å². The Hall–Kier alpha value is -2.78. The summed E-state index contributed by atoms with van der Waals surface area (Å²) < 4.78 is 15.0. The summed E-state index contributed by atoms with van der Waals surface area (Å²) in [5.74, 6) is -3.29. The van der Waals surface area contributed by atoms with Crippen molar-refractivity contribution < 1.29 is 43.0 Å². The van der Waals surface area contributed by atoms with Crippen molar-refractivity contribution >= 4 is 35.4 Å².